The Morgan fingerprint density at radius 3 is 2.47 bits per heavy atom. The van der Waals surface area contributed by atoms with Crippen molar-refractivity contribution >= 4 is 32.7 Å². The number of anilines is 1. The molecule has 0 radical (unpaired) electrons. The third-order valence-electron chi connectivity index (χ3n) is 5.49. The summed E-state index contributed by atoms with van der Waals surface area (Å²) < 4.78 is 42.8. The van der Waals surface area contributed by atoms with Crippen LogP contribution in [0.3, 0.4) is 0 Å². The van der Waals surface area contributed by atoms with Crippen LogP contribution in [-0.4, -0.2) is 41.3 Å². The second-order valence-electron chi connectivity index (χ2n) is 7.52. The number of aryl methyl sites for hydroxylation is 3. The zero-order chi connectivity index (χ0) is 23.5. The molecule has 3 rings (SSSR count). The van der Waals surface area contributed by atoms with Crippen LogP contribution >= 0.6 is 0 Å². The van der Waals surface area contributed by atoms with E-state index in [1.807, 2.05) is 11.5 Å². The number of amides is 1. The molecule has 1 amide bonds. The quantitative estimate of drug-likeness (QED) is 0.521. The molecule has 3 aromatic rings. The number of hydrogen-bond donors (Lipinski definition) is 1. The van der Waals surface area contributed by atoms with Gasteiger partial charge in [-0.1, -0.05) is 19.9 Å². The van der Waals surface area contributed by atoms with Gasteiger partial charge in [-0.2, -0.15) is 4.31 Å². The number of fused-ring (bicyclic) bond motifs is 1. The fraction of sp³-hybridized carbons (Fsp3) is 0.391. The van der Waals surface area contributed by atoms with Crippen LogP contribution in [0, 0.1) is 12.7 Å². The Labute approximate surface area is 188 Å². The minimum absolute atomic E-state index is 0.170. The maximum absolute atomic E-state index is 13.7. The summed E-state index contributed by atoms with van der Waals surface area (Å²) in [5.74, 6) is 0.0870. The molecule has 1 heterocycles. The first kappa shape index (κ1) is 23.9. The Bertz CT molecular complexity index is 1230. The van der Waals surface area contributed by atoms with Gasteiger partial charge < -0.3 is 9.88 Å². The van der Waals surface area contributed by atoms with Crippen LogP contribution in [0.4, 0.5) is 10.1 Å². The van der Waals surface area contributed by atoms with Gasteiger partial charge in [0.25, 0.3) is 0 Å². The molecule has 32 heavy (non-hydrogen) atoms. The van der Waals surface area contributed by atoms with Crippen LogP contribution < -0.4 is 5.32 Å². The second-order valence-corrected chi connectivity index (χ2v) is 9.46. The van der Waals surface area contributed by atoms with Crippen molar-refractivity contribution in [3.05, 3.63) is 53.6 Å². The lowest BCUT2D eigenvalue weighted by Gasteiger charge is -2.18. The zero-order valence-electron chi connectivity index (χ0n) is 18.9. The Kier molecular flexibility index (Phi) is 7.30. The molecular formula is C23H29FN4O3S. The minimum atomic E-state index is -3.58. The van der Waals surface area contributed by atoms with E-state index in [4.69, 9.17) is 0 Å². The lowest BCUT2D eigenvalue weighted by Crippen LogP contribution is -2.30. The monoisotopic (exact) mass is 460 g/mol. The van der Waals surface area contributed by atoms with E-state index < -0.39 is 10.0 Å². The van der Waals surface area contributed by atoms with Gasteiger partial charge in [0.05, 0.1) is 15.9 Å². The van der Waals surface area contributed by atoms with Gasteiger partial charge in [0.2, 0.25) is 15.9 Å². The largest absolute Gasteiger partial charge is 0.328 e. The third-order valence-corrected chi connectivity index (χ3v) is 7.54. The zero-order valence-corrected chi connectivity index (χ0v) is 19.7. The highest BCUT2D eigenvalue weighted by molar-refractivity contribution is 7.89. The van der Waals surface area contributed by atoms with E-state index in [1.54, 1.807) is 51.1 Å². The van der Waals surface area contributed by atoms with Crippen LogP contribution in [0.1, 0.15) is 38.6 Å². The van der Waals surface area contributed by atoms with Crippen LogP contribution in [0.15, 0.2) is 41.3 Å². The van der Waals surface area contributed by atoms with Crippen molar-refractivity contribution < 1.29 is 17.6 Å². The summed E-state index contributed by atoms with van der Waals surface area (Å²) >= 11 is 0. The first-order valence-corrected chi connectivity index (χ1v) is 12.2. The predicted molar refractivity (Wildman–Crippen MR) is 124 cm³/mol. The van der Waals surface area contributed by atoms with Crippen LogP contribution in [0.25, 0.3) is 11.0 Å². The van der Waals surface area contributed by atoms with E-state index in [-0.39, 0.29) is 23.0 Å². The van der Waals surface area contributed by atoms with Crippen LogP contribution in [0.5, 0.6) is 0 Å². The molecular weight excluding hydrogens is 431 g/mol. The molecule has 7 nitrogen and oxygen atoms in total. The summed E-state index contributed by atoms with van der Waals surface area (Å²) in [5, 5.41) is 2.70. The molecule has 0 aliphatic carbocycles. The molecule has 0 fully saturated rings. The standard InChI is InChI=1S/C23H29FN4O3S/c1-5-27(6-2)32(30,31)18-10-11-21-20(15-18)26-22(28(21)7-3)12-13-23(29)25-17-9-8-16(4)19(24)14-17/h8-11,14-15H,5-7,12-13H2,1-4H3,(H,25,29). The van der Waals surface area contributed by atoms with Gasteiger partial charge in [-0.3, -0.25) is 4.79 Å². The fourth-order valence-corrected chi connectivity index (χ4v) is 5.17. The van der Waals surface area contributed by atoms with Gasteiger partial charge in [-0.25, -0.2) is 17.8 Å². The van der Waals surface area contributed by atoms with E-state index >= 15 is 0 Å². The molecule has 0 aliphatic heterocycles. The molecule has 1 N–H and O–H groups in total. The number of benzene rings is 2. The normalized spacial score (nSPS) is 11.9. The predicted octanol–water partition coefficient (Wildman–Crippen LogP) is 4.11. The topological polar surface area (TPSA) is 84.3 Å². The van der Waals surface area contributed by atoms with E-state index in [0.717, 1.165) is 5.52 Å². The van der Waals surface area contributed by atoms with Crippen molar-refractivity contribution in [3.8, 4) is 0 Å². The van der Waals surface area contributed by atoms with Crippen LogP contribution in [-0.2, 0) is 27.8 Å². The highest BCUT2D eigenvalue weighted by Gasteiger charge is 2.23. The molecule has 0 aliphatic rings. The average Bonchev–Trinajstić information content (AvgIpc) is 3.12. The Balaban J connectivity index is 1.80. The first-order chi connectivity index (χ1) is 15.2. The Morgan fingerprint density at radius 1 is 1.12 bits per heavy atom. The lowest BCUT2D eigenvalue weighted by molar-refractivity contribution is -0.116. The van der Waals surface area contributed by atoms with Crippen molar-refractivity contribution in [2.24, 2.45) is 0 Å². The molecule has 172 valence electrons. The minimum Gasteiger partial charge on any atom is -0.328 e. The van der Waals surface area contributed by atoms with Crippen molar-refractivity contribution in [1.82, 2.24) is 13.9 Å². The first-order valence-electron chi connectivity index (χ1n) is 10.8. The molecule has 0 saturated heterocycles. The van der Waals surface area contributed by atoms with Gasteiger partial charge in [-0.15, -0.1) is 0 Å². The third kappa shape index (κ3) is 4.83. The molecule has 1 aromatic heterocycles. The van der Waals surface area contributed by atoms with Crippen LogP contribution in [0.2, 0.25) is 0 Å². The smallest absolute Gasteiger partial charge is 0.243 e. The summed E-state index contributed by atoms with van der Waals surface area (Å²) in [4.78, 5) is 17.2. The van der Waals surface area contributed by atoms with Gasteiger partial charge in [0, 0.05) is 38.2 Å². The number of rotatable bonds is 9. The summed E-state index contributed by atoms with van der Waals surface area (Å²) in [6.07, 6.45) is 0.546. The Hall–Kier alpha value is -2.78. The molecule has 2 aromatic carbocycles. The summed E-state index contributed by atoms with van der Waals surface area (Å²) in [5.41, 5.74) is 2.33. The van der Waals surface area contributed by atoms with E-state index in [2.05, 4.69) is 10.3 Å². The number of hydrogen-bond acceptors (Lipinski definition) is 4. The van der Waals surface area contributed by atoms with Crippen molar-refractivity contribution in [2.45, 2.75) is 52.0 Å². The summed E-state index contributed by atoms with van der Waals surface area (Å²) in [6.45, 7) is 8.67. The number of nitrogens with zero attached hydrogens (tertiary/aromatic N) is 3. The number of carbonyl (C=O) groups excluding carboxylic acids is 1. The fourth-order valence-electron chi connectivity index (χ4n) is 3.70. The summed E-state index contributed by atoms with van der Waals surface area (Å²) in [6, 6.07) is 9.54. The van der Waals surface area contributed by atoms with E-state index in [0.29, 0.717) is 48.6 Å². The van der Waals surface area contributed by atoms with Crippen molar-refractivity contribution in [2.75, 3.05) is 18.4 Å². The number of halogens is 1. The number of carbonyl (C=O) groups is 1. The maximum Gasteiger partial charge on any atom is 0.243 e. The molecule has 0 bridgehead atoms. The second kappa shape index (κ2) is 9.79. The summed E-state index contributed by atoms with van der Waals surface area (Å²) in [7, 11) is -3.58. The molecule has 9 heteroatoms. The highest BCUT2D eigenvalue weighted by atomic mass is 32.2. The molecule has 0 spiro atoms. The van der Waals surface area contributed by atoms with Gasteiger partial charge in [-0.05, 0) is 49.7 Å². The number of aromatic nitrogens is 2. The average molecular weight is 461 g/mol. The van der Waals surface area contributed by atoms with E-state index in [1.165, 1.54) is 10.4 Å². The number of nitrogens with one attached hydrogen (secondary N) is 1. The van der Waals surface area contributed by atoms with Gasteiger partial charge in [0.1, 0.15) is 11.6 Å². The lowest BCUT2D eigenvalue weighted by atomic mass is 10.2. The Morgan fingerprint density at radius 2 is 1.84 bits per heavy atom. The highest BCUT2D eigenvalue weighted by Crippen LogP contribution is 2.24. The van der Waals surface area contributed by atoms with Crippen molar-refractivity contribution in [3.63, 3.8) is 0 Å². The van der Waals surface area contributed by atoms with Gasteiger partial charge in [0.15, 0.2) is 0 Å². The number of imidazole rings is 1. The molecule has 0 saturated carbocycles. The molecule has 0 atom stereocenters. The van der Waals surface area contributed by atoms with Crippen molar-refractivity contribution in [1.29, 1.82) is 0 Å². The van der Waals surface area contributed by atoms with Gasteiger partial charge >= 0.3 is 0 Å². The SMILES string of the molecule is CCN(CC)S(=O)(=O)c1ccc2c(c1)nc(CCC(=O)Nc1ccc(C)c(F)c1)n2CC. The maximum atomic E-state index is 13.7. The van der Waals surface area contributed by atoms with E-state index in [9.17, 15) is 17.6 Å². The number of sulfonamides is 1. The molecule has 0 unspecified atom stereocenters.